The topological polar surface area (TPSA) is 124 Å². The van der Waals surface area contributed by atoms with Gasteiger partial charge in [-0.1, -0.05) is 36.4 Å². The Hall–Kier alpha value is -4.36. The quantitative estimate of drug-likeness (QED) is 0.261. The van der Waals surface area contributed by atoms with Crippen LogP contribution in [0.15, 0.2) is 82.0 Å². The Balaban J connectivity index is 1.85. The summed E-state index contributed by atoms with van der Waals surface area (Å²) in [6, 6.07) is 19.4. The lowest BCUT2D eigenvalue weighted by Crippen LogP contribution is -2.06. The number of rotatable bonds is 9. The molecule has 7 nitrogen and oxygen atoms in total. The van der Waals surface area contributed by atoms with E-state index < -0.39 is 5.97 Å². The molecule has 7 heteroatoms. The van der Waals surface area contributed by atoms with Gasteiger partial charge in [0.1, 0.15) is 17.9 Å². The molecule has 0 aliphatic carbocycles. The second kappa shape index (κ2) is 11.1. The second-order valence-electron chi connectivity index (χ2n) is 8.90. The van der Waals surface area contributed by atoms with Crippen LogP contribution in [0.5, 0.6) is 5.75 Å². The number of allylic oxidation sites excluding steroid dienone is 2. The molecule has 0 unspecified atom stereocenters. The van der Waals surface area contributed by atoms with Crippen LogP contribution in [0.25, 0.3) is 27.7 Å². The van der Waals surface area contributed by atoms with E-state index in [-0.39, 0.29) is 13.0 Å². The standard InChI is InChI=1S/C30H31N3O4/c1-18(32)29(19(2)33-3)26-13-23(21-9-6-7-20(11-21)15-31)12-25-24(17-37-30(25)26)16-36-27-10-5-4-8-22(27)14-28(34)35/h4-13,17H,14-16,31-32H2,1-3H3,(H,34,35)/b29-18+,33-19?. The number of carboxylic acids is 1. The van der Waals surface area contributed by atoms with Gasteiger partial charge >= 0.3 is 5.97 Å². The molecule has 0 amide bonds. The van der Waals surface area contributed by atoms with E-state index in [0.29, 0.717) is 29.1 Å². The first-order chi connectivity index (χ1) is 17.8. The van der Waals surface area contributed by atoms with E-state index >= 15 is 0 Å². The fourth-order valence-electron chi connectivity index (χ4n) is 4.44. The Bertz CT molecular complexity index is 1510. The first-order valence-electron chi connectivity index (χ1n) is 12.0. The highest BCUT2D eigenvalue weighted by molar-refractivity contribution is 6.26. The van der Waals surface area contributed by atoms with Crippen molar-refractivity contribution in [1.29, 1.82) is 0 Å². The third kappa shape index (κ3) is 5.57. The van der Waals surface area contributed by atoms with Crippen LogP contribution in [0.3, 0.4) is 0 Å². The molecule has 1 heterocycles. The lowest BCUT2D eigenvalue weighted by molar-refractivity contribution is -0.136. The predicted octanol–water partition coefficient (Wildman–Crippen LogP) is 5.55. The van der Waals surface area contributed by atoms with Gasteiger partial charge in [0, 0.05) is 52.7 Å². The lowest BCUT2D eigenvalue weighted by atomic mass is 9.92. The molecule has 0 saturated carbocycles. The van der Waals surface area contributed by atoms with Gasteiger partial charge in [-0.15, -0.1) is 0 Å². The molecule has 1 aromatic heterocycles. The van der Waals surface area contributed by atoms with Crippen molar-refractivity contribution in [2.45, 2.75) is 33.4 Å². The number of fused-ring (bicyclic) bond motifs is 1. The van der Waals surface area contributed by atoms with Crippen molar-refractivity contribution in [2.75, 3.05) is 7.05 Å². The van der Waals surface area contributed by atoms with Crippen LogP contribution in [0.1, 0.15) is 36.1 Å². The monoisotopic (exact) mass is 497 g/mol. The molecule has 0 aliphatic rings. The summed E-state index contributed by atoms with van der Waals surface area (Å²) in [5.74, 6) is -0.387. The van der Waals surface area contributed by atoms with Gasteiger partial charge in [0.05, 0.1) is 12.7 Å². The van der Waals surface area contributed by atoms with E-state index in [2.05, 4.69) is 23.2 Å². The van der Waals surface area contributed by atoms with E-state index in [1.807, 2.05) is 38.1 Å². The van der Waals surface area contributed by atoms with Gasteiger partial charge < -0.3 is 25.7 Å². The number of carbonyl (C=O) groups is 1. The molecule has 0 aliphatic heterocycles. The van der Waals surface area contributed by atoms with Crippen molar-refractivity contribution in [2.24, 2.45) is 16.5 Å². The number of aliphatic imine (C=N–C) groups is 1. The van der Waals surface area contributed by atoms with Gasteiger partial charge in [0.2, 0.25) is 0 Å². The first-order valence-corrected chi connectivity index (χ1v) is 12.0. The number of aliphatic carboxylic acids is 1. The van der Waals surface area contributed by atoms with Crippen LogP contribution in [0.2, 0.25) is 0 Å². The summed E-state index contributed by atoms with van der Waals surface area (Å²) in [6.45, 7) is 4.42. The van der Waals surface area contributed by atoms with Crippen LogP contribution in [-0.2, 0) is 24.4 Å². The number of benzene rings is 3. The second-order valence-corrected chi connectivity index (χ2v) is 8.90. The number of para-hydroxylation sites is 1. The van der Waals surface area contributed by atoms with Gasteiger partial charge in [0.25, 0.3) is 0 Å². The van der Waals surface area contributed by atoms with E-state index in [0.717, 1.165) is 44.5 Å². The highest BCUT2D eigenvalue weighted by Crippen LogP contribution is 2.36. The maximum absolute atomic E-state index is 11.3. The molecule has 3 aromatic carbocycles. The molecule has 37 heavy (non-hydrogen) atoms. The average molecular weight is 498 g/mol. The maximum Gasteiger partial charge on any atom is 0.307 e. The van der Waals surface area contributed by atoms with Gasteiger partial charge in [-0.05, 0) is 54.8 Å². The molecule has 4 aromatic rings. The minimum atomic E-state index is -0.914. The SMILES string of the molecule is CN=C(C)/C(=C(/C)N)c1cc(-c2cccc(CN)c2)cc2c(COc3ccccc3CC(=O)O)coc12. The van der Waals surface area contributed by atoms with Crippen molar-refractivity contribution in [3.8, 4) is 16.9 Å². The summed E-state index contributed by atoms with van der Waals surface area (Å²) in [6.07, 6.45) is 1.56. The fourth-order valence-corrected chi connectivity index (χ4v) is 4.44. The Morgan fingerprint density at radius 3 is 2.51 bits per heavy atom. The predicted molar refractivity (Wildman–Crippen MR) is 147 cm³/mol. The summed E-state index contributed by atoms with van der Waals surface area (Å²) >= 11 is 0. The summed E-state index contributed by atoms with van der Waals surface area (Å²) in [5.41, 5.74) is 20.5. The molecule has 4 rings (SSSR count). The lowest BCUT2D eigenvalue weighted by Gasteiger charge is -2.14. The van der Waals surface area contributed by atoms with Crippen molar-refractivity contribution >= 4 is 28.2 Å². The Morgan fingerprint density at radius 1 is 1.03 bits per heavy atom. The fraction of sp³-hybridized carbons (Fsp3) is 0.200. The minimum Gasteiger partial charge on any atom is -0.488 e. The number of furan rings is 1. The van der Waals surface area contributed by atoms with Crippen LogP contribution >= 0.6 is 0 Å². The normalized spacial score (nSPS) is 12.5. The first kappa shape index (κ1) is 25.7. The molecular weight excluding hydrogens is 466 g/mol. The van der Waals surface area contributed by atoms with Crippen LogP contribution in [-0.4, -0.2) is 23.8 Å². The van der Waals surface area contributed by atoms with Gasteiger partial charge in [0.15, 0.2) is 0 Å². The molecular formula is C30H31N3O4. The molecule has 0 bridgehead atoms. The van der Waals surface area contributed by atoms with Crippen molar-refractivity contribution in [1.82, 2.24) is 0 Å². The number of hydrogen-bond acceptors (Lipinski definition) is 6. The zero-order valence-electron chi connectivity index (χ0n) is 21.2. The molecule has 0 fully saturated rings. The zero-order valence-corrected chi connectivity index (χ0v) is 21.2. The molecule has 0 radical (unpaired) electrons. The van der Waals surface area contributed by atoms with Crippen LogP contribution < -0.4 is 16.2 Å². The Kier molecular flexibility index (Phi) is 7.74. The van der Waals surface area contributed by atoms with Crippen molar-refractivity contribution in [3.05, 3.63) is 94.9 Å². The van der Waals surface area contributed by atoms with Gasteiger partial charge in [-0.25, -0.2) is 0 Å². The number of hydrogen-bond donors (Lipinski definition) is 3. The number of carboxylic acid groups (broad SMARTS) is 1. The third-order valence-electron chi connectivity index (χ3n) is 6.31. The summed E-state index contributed by atoms with van der Waals surface area (Å²) in [7, 11) is 1.74. The highest BCUT2D eigenvalue weighted by Gasteiger charge is 2.19. The molecule has 0 atom stereocenters. The van der Waals surface area contributed by atoms with Crippen molar-refractivity contribution in [3.63, 3.8) is 0 Å². The van der Waals surface area contributed by atoms with E-state index in [1.165, 1.54) is 0 Å². The molecule has 0 spiro atoms. The summed E-state index contributed by atoms with van der Waals surface area (Å²) in [5, 5.41) is 10.1. The molecule has 5 N–H and O–H groups in total. The smallest absolute Gasteiger partial charge is 0.307 e. The van der Waals surface area contributed by atoms with Gasteiger partial charge in [-0.3, -0.25) is 9.79 Å². The number of ether oxygens (including phenoxy) is 1. The Labute approximate surface area is 216 Å². The molecule has 0 saturated heterocycles. The summed E-state index contributed by atoms with van der Waals surface area (Å²) < 4.78 is 12.2. The average Bonchev–Trinajstić information content (AvgIpc) is 3.30. The summed E-state index contributed by atoms with van der Waals surface area (Å²) in [4.78, 5) is 15.7. The van der Waals surface area contributed by atoms with Gasteiger partial charge in [-0.2, -0.15) is 0 Å². The van der Waals surface area contributed by atoms with E-state index in [1.54, 1.807) is 31.5 Å². The Morgan fingerprint density at radius 2 is 1.81 bits per heavy atom. The third-order valence-corrected chi connectivity index (χ3v) is 6.31. The maximum atomic E-state index is 11.3. The number of nitrogens with zero attached hydrogens (tertiary/aromatic N) is 1. The highest BCUT2D eigenvalue weighted by atomic mass is 16.5. The number of nitrogens with two attached hydrogens (primary N) is 2. The van der Waals surface area contributed by atoms with E-state index in [4.69, 9.17) is 20.6 Å². The minimum absolute atomic E-state index is 0.117. The molecule has 190 valence electrons. The van der Waals surface area contributed by atoms with Crippen molar-refractivity contribution < 1.29 is 19.1 Å². The van der Waals surface area contributed by atoms with Crippen LogP contribution in [0, 0.1) is 0 Å². The largest absolute Gasteiger partial charge is 0.488 e. The zero-order chi connectivity index (χ0) is 26.5. The van der Waals surface area contributed by atoms with Crippen LogP contribution in [0.4, 0.5) is 0 Å². The van der Waals surface area contributed by atoms with E-state index in [9.17, 15) is 9.90 Å².